The molecule has 3 nitrogen and oxygen atoms in total. The van der Waals surface area contributed by atoms with Gasteiger partial charge in [-0.1, -0.05) is 23.4 Å². The van der Waals surface area contributed by atoms with Gasteiger partial charge in [-0.2, -0.15) is 0 Å². The van der Waals surface area contributed by atoms with Crippen molar-refractivity contribution < 1.29 is 5.21 Å². The highest BCUT2D eigenvalue weighted by molar-refractivity contribution is 7.17. The van der Waals surface area contributed by atoms with E-state index in [1.807, 2.05) is 23.6 Å². The van der Waals surface area contributed by atoms with Crippen LogP contribution in [0.4, 0.5) is 0 Å². The smallest absolute Gasteiger partial charge is 0.143 e. The molecule has 1 aromatic heterocycles. The van der Waals surface area contributed by atoms with Crippen molar-refractivity contribution in [3.63, 3.8) is 0 Å². The predicted octanol–water partition coefficient (Wildman–Crippen LogP) is 2.19. The second-order valence-electron chi connectivity index (χ2n) is 3.03. The molecule has 0 bridgehead atoms. The molecule has 0 saturated heterocycles. The van der Waals surface area contributed by atoms with Crippen molar-refractivity contribution in [2.45, 2.75) is 6.42 Å². The Kier molecular flexibility index (Phi) is 2.37. The van der Waals surface area contributed by atoms with Crippen molar-refractivity contribution in [3.05, 3.63) is 35.2 Å². The first-order valence-electron chi connectivity index (χ1n) is 4.23. The van der Waals surface area contributed by atoms with Gasteiger partial charge >= 0.3 is 0 Å². The second kappa shape index (κ2) is 3.67. The van der Waals surface area contributed by atoms with E-state index >= 15 is 0 Å². The summed E-state index contributed by atoms with van der Waals surface area (Å²) in [4.78, 5) is 0. The van der Waals surface area contributed by atoms with Crippen LogP contribution in [0.5, 0.6) is 0 Å². The molecule has 0 spiro atoms. The number of benzene rings is 1. The SMILES string of the molecule is N/C(Cc1csc2ccccc12)=N\O. The molecule has 0 unspecified atom stereocenters. The average Bonchev–Trinajstić information content (AvgIpc) is 2.62. The summed E-state index contributed by atoms with van der Waals surface area (Å²) in [6.07, 6.45) is 0.501. The number of amidine groups is 1. The molecule has 3 N–H and O–H groups in total. The van der Waals surface area contributed by atoms with Crippen LogP contribution in [0.3, 0.4) is 0 Å². The molecule has 72 valence electrons. The maximum atomic E-state index is 8.47. The van der Waals surface area contributed by atoms with Crippen LogP contribution >= 0.6 is 11.3 Å². The molecule has 0 aliphatic heterocycles. The predicted molar refractivity (Wildman–Crippen MR) is 58.9 cm³/mol. The summed E-state index contributed by atoms with van der Waals surface area (Å²) < 4.78 is 1.23. The molecular weight excluding hydrogens is 196 g/mol. The molecule has 0 aliphatic carbocycles. The molecule has 0 aliphatic rings. The van der Waals surface area contributed by atoms with Crippen LogP contribution in [-0.4, -0.2) is 11.0 Å². The van der Waals surface area contributed by atoms with E-state index in [9.17, 15) is 0 Å². The van der Waals surface area contributed by atoms with Gasteiger partial charge in [-0.25, -0.2) is 0 Å². The molecule has 1 heterocycles. The Bertz CT molecular complexity index is 476. The molecular formula is C10H10N2OS. The lowest BCUT2D eigenvalue weighted by Crippen LogP contribution is -2.14. The first kappa shape index (κ1) is 9.02. The molecule has 0 radical (unpaired) electrons. The zero-order valence-corrected chi connectivity index (χ0v) is 8.29. The normalized spacial score (nSPS) is 12.1. The molecule has 2 rings (SSSR count). The molecule has 14 heavy (non-hydrogen) atoms. The highest BCUT2D eigenvalue weighted by Crippen LogP contribution is 2.25. The molecule has 1 aromatic carbocycles. The summed E-state index contributed by atoms with van der Waals surface area (Å²) in [6, 6.07) is 8.11. The summed E-state index contributed by atoms with van der Waals surface area (Å²) in [5, 5.41) is 14.7. The van der Waals surface area contributed by atoms with E-state index < -0.39 is 0 Å². The molecule has 0 amide bonds. The minimum atomic E-state index is 0.244. The standard InChI is InChI=1S/C10H10N2OS/c11-10(12-13)5-7-6-14-9-4-2-1-3-8(7)9/h1-4,6,13H,5H2,(H2,11,12). The number of hydrogen-bond acceptors (Lipinski definition) is 3. The van der Waals surface area contributed by atoms with E-state index in [-0.39, 0.29) is 5.84 Å². The maximum Gasteiger partial charge on any atom is 0.143 e. The molecule has 0 atom stereocenters. The minimum Gasteiger partial charge on any atom is -0.409 e. The van der Waals surface area contributed by atoms with E-state index in [0.717, 1.165) is 5.56 Å². The number of nitrogens with zero attached hydrogens (tertiary/aromatic N) is 1. The number of thiophene rings is 1. The highest BCUT2D eigenvalue weighted by atomic mass is 32.1. The highest BCUT2D eigenvalue weighted by Gasteiger charge is 2.04. The van der Waals surface area contributed by atoms with Crippen LogP contribution in [-0.2, 0) is 6.42 Å². The number of hydrogen-bond donors (Lipinski definition) is 2. The number of rotatable bonds is 2. The van der Waals surface area contributed by atoms with Gasteiger partial charge in [-0.3, -0.25) is 0 Å². The first-order chi connectivity index (χ1) is 6.81. The first-order valence-corrected chi connectivity index (χ1v) is 5.10. The summed E-state index contributed by atoms with van der Waals surface area (Å²) in [7, 11) is 0. The van der Waals surface area contributed by atoms with Crippen molar-refractivity contribution in [3.8, 4) is 0 Å². The fourth-order valence-corrected chi connectivity index (χ4v) is 2.36. The maximum absolute atomic E-state index is 8.47. The van der Waals surface area contributed by atoms with E-state index in [0.29, 0.717) is 6.42 Å². The van der Waals surface area contributed by atoms with Gasteiger partial charge in [0.25, 0.3) is 0 Å². The lowest BCUT2D eigenvalue weighted by molar-refractivity contribution is 0.317. The second-order valence-corrected chi connectivity index (χ2v) is 3.94. The summed E-state index contributed by atoms with van der Waals surface area (Å²) >= 11 is 1.67. The van der Waals surface area contributed by atoms with Crippen LogP contribution in [0.25, 0.3) is 10.1 Å². The summed E-state index contributed by atoms with van der Waals surface area (Å²) in [6.45, 7) is 0. The lowest BCUT2D eigenvalue weighted by Gasteiger charge is -1.96. The van der Waals surface area contributed by atoms with Crippen molar-refractivity contribution in [1.82, 2.24) is 0 Å². The van der Waals surface area contributed by atoms with E-state index in [1.165, 1.54) is 10.1 Å². The van der Waals surface area contributed by atoms with Gasteiger partial charge in [-0.15, -0.1) is 11.3 Å². The monoisotopic (exact) mass is 206 g/mol. The van der Waals surface area contributed by atoms with Gasteiger partial charge in [0.15, 0.2) is 0 Å². The zero-order valence-electron chi connectivity index (χ0n) is 7.47. The third-order valence-electron chi connectivity index (χ3n) is 2.06. The Labute approximate surface area is 85.5 Å². The van der Waals surface area contributed by atoms with Gasteiger partial charge in [-0.05, 0) is 22.4 Å². The fraction of sp³-hybridized carbons (Fsp3) is 0.100. The van der Waals surface area contributed by atoms with Crippen LogP contribution in [0.15, 0.2) is 34.8 Å². The number of fused-ring (bicyclic) bond motifs is 1. The Morgan fingerprint density at radius 3 is 3.00 bits per heavy atom. The van der Waals surface area contributed by atoms with Crippen molar-refractivity contribution in [1.29, 1.82) is 0 Å². The Hall–Kier alpha value is -1.55. The Morgan fingerprint density at radius 2 is 2.21 bits per heavy atom. The third-order valence-corrected chi connectivity index (χ3v) is 3.07. The van der Waals surface area contributed by atoms with Gasteiger partial charge < -0.3 is 10.9 Å². The quantitative estimate of drug-likeness (QED) is 0.342. The van der Waals surface area contributed by atoms with Gasteiger partial charge in [0.2, 0.25) is 0 Å². The Morgan fingerprint density at radius 1 is 1.43 bits per heavy atom. The zero-order chi connectivity index (χ0) is 9.97. The average molecular weight is 206 g/mol. The van der Waals surface area contributed by atoms with Crippen LogP contribution < -0.4 is 5.73 Å². The van der Waals surface area contributed by atoms with Gasteiger partial charge in [0.1, 0.15) is 5.84 Å². The van der Waals surface area contributed by atoms with Crippen LogP contribution in [0.1, 0.15) is 5.56 Å². The van der Waals surface area contributed by atoms with Crippen molar-refractivity contribution in [2.24, 2.45) is 10.9 Å². The molecule has 4 heteroatoms. The summed E-state index contributed by atoms with van der Waals surface area (Å²) in [5.41, 5.74) is 6.57. The lowest BCUT2D eigenvalue weighted by atomic mass is 10.1. The van der Waals surface area contributed by atoms with Gasteiger partial charge in [0.05, 0.1) is 0 Å². The van der Waals surface area contributed by atoms with E-state index in [1.54, 1.807) is 11.3 Å². The summed E-state index contributed by atoms with van der Waals surface area (Å²) in [5.74, 6) is 0.244. The van der Waals surface area contributed by atoms with Crippen molar-refractivity contribution in [2.75, 3.05) is 0 Å². The van der Waals surface area contributed by atoms with E-state index in [4.69, 9.17) is 10.9 Å². The Balaban J connectivity index is 2.43. The molecule has 0 saturated carbocycles. The third kappa shape index (κ3) is 1.56. The van der Waals surface area contributed by atoms with Gasteiger partial charge in [0, 0.05) is 11.1 Å². The largest absolute Gasteiger partial charge is 0.409 e. The fourth-order valence-electron chi connectivity index (χ4n) is 1.40. The number of oxime groups is 1. The molecule has 2 aromatic rings. The molecule has 0 fully saturated rings. The topological polar surface area (TPSA) is 58.6 Å². The van der Waals surface area contributed by atoms with Crippen LogP contribution in [0.2, 0.25) is 0 Å². The minimum absolute atomic E-state index is 0.244. The van der Waals surface area contributed by atoms with Crippen LogP contribution in [0, 0.1) is 0 Å². The van der Waals surface area contributed by atoms with Crippen molar-refractivity contribution >= 4 is 27.3 Å². The number of nitrogens with two attached hydrogens (primary N) is 1. The van der Waals surface area contributed by atoms with E-state index in [2.05, 4.69) is 11.2 Å².